The number of ether oxygens (including phenoxy) is 1. The summed E-state index contributed by atoms with van der Waals surface area (Å²) in [7, 11) is 0. The van der Waals surface area contributed by atoms with Gasteiger partial charge in [-0.05, 0) is 11.6 Å². The van der Waals surface area contributed by atoms with E-state index in [2.05, 4.69) is 0 Å². The second kappa shape index (κ2) is 4.78. The summed E-state index contributed by atoms with van der Waals surface area (Å²) in [6, 6.07) is 9.32. The van der Waals surface area contributed by atoms with Crippen molar-refractivity contribution in [2.45, 2.75) is 13.0 Å². The Morgan fingerprint density at radius 2 is 1.94 bits per heavy atom. The van der Waals surface area contributed by atoms with Crippen molar-refractivity contribution in [3.63, 3.8) is 0 Å². The number of ketones is 1. The van der Waals surface area contributed by atoms with E-state index in [4.69, 9.17) is 4.74 Å². The topological polar surface area (TPSA) is 43.4 Å². The Hall–Kier alpha value is -2.16. The summed E-state index contributed by atoms with van der Waals surface area (Å²) in [5.41, 5.74) is 1.40. The van der Waals surface area contributed by atoms with Crippen LogP contribution in [0.25, 0.3) is 5.57 Å². The molecule has 2 rings (SSSR count). The molecule has 1 unspecified atom stereocenters. The highest BCUT2D eigenvalue weighted by atomic mass is 16.5. The molecular formula is C14H12O3. The Kier molecular flexibility index (Phi) is 3.19. The van der Waals surface area contributed by atoms with E-state index in [1.54, 1.807) is 18.2 Å². The van der Waals surface area contributed by atoms with Crippen molar-refractivity contribution in [2.75, 3.05) is 0 Å². The molecule has 0 aliphatic heterocycles. The number of hydrogen-bond donors (Lipinski definition) is 0. The number of hydrogen-bond acceptors (Lipinski definition) is 3. The van der Waals surface area contributed by atoms with Gasteiger partial charge in [0.05, 0.1) is 0 Å². The molecule has 0 bridgehead atoms. The molecule has 0 radical (unpaired) electrons. The lowest BCUT2D eigenvalue weighted by Crippen LogP contribution is -2.26. The highest BCUT2D eigenvalue weighted by molar-refractivity contribution is 6.24. The minimum absolute atomic E-state index is 0.186. The number of rotatable bonds is 2. The molecule has 0 saturated carbocycles. The SMILES string of the molecule is CC(=O)OC1C=CC=C(c2ccccc2)C1=O. The number of carbonyl (C=O) groups is 2. The van der Waals surface area contributed by atoms with Crippen molar-refractivity contribution >= 4 is 17.3 Å². The van der Waals surface area contributed by atoms with Crippen LogP contribution in [0.15, 0.2) is 48.6 Å². The van der Waals surface area contributed by atoms with E-state index in [-0.39, 0.29) is 5.78 Å². The molecule has 1 aromatic carbocycles. The highest BCUT2D eigenvalue weighted by Crippen LogP contribution is 2.21. The zero-order valence-electron chi connectivity index (χ0n) is 9.42. The van der Waals surface area contributed by atoms with Crippen LogP contribution in [-0.2, 0) is 14.3 Å². The fourth-order valence-electron chi connectivity index (χ4n) is 1.70. The van der Waals surface area contributed by atoms with Crippen molar-refractivity contribution < 1.29 is 14.3 Å². The number of Topliss-reactive ketones (excluding diaryl/α,β-unsaturated/α-hetero) is 1. The number of esters is 1. The lowest BCUT2D eigenvalue weighted by molar-refractivity contribution is -0.148. The normalized spacial score (nSPS) is 18.8. The van der Waals surface area contributed by atoms with Gasteiger partial charge in [-0.15, -0.1) is 0 Å². The Balaban J connectivity index is 2.26. The fourth-order valence-corrected chi connectivity index (χ4v) is 1.70. The van der Waals surface area contributed by atoms with Gasteiger partial charge >= 0.3 is 5.97 Å². The first-order valence-corrected chi connectivity index (χ1v) is 5.34. The first-order valence-electron chi connectivity index (χ1n) is 5.34. The van der Waals surface area contributed by atoms with Gasteiger partial charge in [-0.25, -0.2) is 0 Å². The molecule has 0 amide bonds. The molecule has 1 aromatic rings. The zero-order chi connectivity index (χ0) is 12.3. The predicted octanol–water partition coefficient (Wildman–Crippen LogP) is 2.14. The van der Waals surface area contributed by atoms with Gasteiger partial charge in [-0.3, -0.25) is 9.59 Å². The van der Waals surface area contributed by atoms with Gasteiger partial charge < -0.3 is 4.74 Å². The molecule has 17 heavy (non-hydrogen) atoms. The van der Waals surface area contributed by atoms with Crippen LogP contribution in [0.4, 0.5) is 0 Å². The predicted molar refractivity (Wildman–Crippen MR) is 64.1 cm³/mol. The van der Waals surface area contributed by atoms with Crippen LogP contribution in [0.5, 0.6) is 0 Å². The van der Waals surface area contributed by atoms with Gasteiger partial charge in [0.25, 0.3) is 0 Å². The number of allylic oxidation sites excluding steroid dienone is 2. The quantitative estimate of drug-likeness (QED) is 0.728. The summed E-state index contributed by atoms with van der Waals surface area (Å²) in [5, 5.41) is 0. The van der Waals surface area contributed by atoms with E-state index < -0.39 is 12.1 Å². The van der Waals surface area contributed by atoms with Crippen LogP contribution in [-0.4, -0.2) is 17.9 Å². The Morgan fingerprint density at radius 3 is 2.59 bits per heavy atom. The van der Waals surface area contributed by atoms with E-state index >= 15 is 0 Å². The molecule has 0 heterocycles. The van der Waals surface area contributed by atoms with Gasteiger partial charge in [0.15, 0.2) is 6.10 Å². The van der Waals surface area contributed by atoms with Crippen LogP contribution >= 0.6 is 0 Å². The van der Waals surface area contributed by atoms with E-state index in [1.807, 2.05) is 30.3 Å². The maximum Gasteiger partial charge on any atom is 0.303 e. The van der Waals surface area contributed by atoms with Crippen LogP contribution < -0.4 is 0 Å². The molecule has 0 aromatic heterocycles. The van der Waals surface area contributed by atoms with Gasteiger partial charge in [-0.1, -0.05) is 42.5 Å². The third-order valence-electron chi connectivity index (χ3n) is 2.45. The second-order valence-corrected chi connectivity index (χ2v) is 3.73. The average Bonchev–Trinajstić information content (AvgIpc) is 2.32. The van der Waals surface area contributed by atoms with Gasteiger partial charge in [0, 0.05) is 12.5 Å². The van der Waals surface area contributed by atoms with Crippen molar-refractivity contribution in [1.29, 1.82) is 0 Å². The molecule has 0 spiro atoms. The second-order valence-electron chi connectivity index (χ2n) is 3.73. The smallest absolute Gasteiger partial charge is 0.303 e. The van der Waals surface area contributed by atoms with E-state index in [9.17, 15) is 9.59 Å². The fraction of sp³-hybridized carbons (Fsp3) is 0.143. The molecule has 3 nitrogen and oxygen atoms in total. The van der Waals surface area contributed by atoms with Gasteiger partial charge in [-0.2, -0.15) is 0 Å². The Bertz CT molecular complexity index is 497. The van der Waals surface area contributed by atoms with E-state index in [0.717, 1.165) is 5.56 Å². The third kappa shape index (κ3) is 2.50. The van der Waals surface area contributed by atoms with Crippen LogP contribution in [0.1, 0.15) is 12.5 Å². The molecule has 0 fully saturated rings. The average molecular weight is 228 g/mol. The van der Waals surface area contributed by atoms with Gasteiger partial charge in [0.1, 0.15) is 0 Å². The first-order chi connectivity index (χ1) is 8.18. The molecule has 1 atom stereocenters. The van der Waals surface area contributed by atoms with E-state index in [0.29, 0.717) is 5.57 Å². The Morgan fingerprint density at radius 1 is 1.24 bits per heavy atom. The maximum absolute atomic E-state index is 12.1. The number of benzene rings is 1. The lowest BCUT2D eigenvalue weighted by Gasteiger charge is -2.17. The first kappa shape index (κ1) is 11.3. The molecule has 3 heteroatoms. The minimum atomic E-state index is -0.798. The van der Waals surface area contributed by atoms with E-state index in [1.165, 1.54) is 6.92 Å². The summed E-state index contributed by atoms with van der Waals surface area (Å²) in [6.45, 7) is 1.29. The highest BCUT2D eigenvalue weighted by Gasteiger charge is 2.25. The molecule has 0 saturated heterocycles. The molecule has 0 N–H and O–H groups in total. The van der Waals surface area contributed by atoms with Crippen LogP contribution in [0.3, 0.4) is 0 Å². The summed E-state index contributed by atoms with van der Waals surface area (Å²) < 4.78 is 4.94. The lowest BCUT2D eigenvalue weighted by atomic mass is 9.94. The zero-order valence-corrected chi connectivity index (χ0v) is 9.42. The minimum Gasteiger partial charge on any atom is -0.450 e. The third-order valence-corrected chi connectivity index (χ3v) is 2.45. The molecule has 1 aliphatic rings. The monoisotopic (exact) mass is 228 g/mol. The van der Waals surface area contributed by atoms with Crippen molar-refractivity contribution in [2.24, 2.45) is 0 Å². The summed E-state index contributed by atoms with van der Waals surface area (Å²) in [4.78, 5) is 22.9. The van der Waals surface area contributed by atoms with Crippen LogP contribution in [0.2, 0.25) is 0 Å². The van der Waals surface area contributed by atoms with Crippen molar-refractivity contribution in [3.05, 3.63) is 54.1 Å². The molecular weight excluding hydrogens is 216 g/mol. The van der Waals surface area contributed by atoms with Gasteiger partial charge in [0.2, 0.25) is 5.78 Å². The standard InChI is InChI=1S/C14H12O3/c1-10(15)17-13-9-5-8-12(14(13)16)11-6-3-2-4-7-11/h2-9,13H,1H3. The van der Waals surface area contributed by atoms with Crippen molar-refractivity contribution in [3.8, 4) is 0 Å². The summed E-state index contributed by atoms with van der Waals surface area (Å²) >= 11 is 0. The Labute approximate surface area is 99.4 Å². The summed E-state index contributed by atoms with van der Waals surface area (Å²) in [5.74, 6) is -0.642. The molecule has 86 valence electrons. The van der Waals surface area contributed by atoms with Crippen LogP contribution in [0, 0.1) is 0 Å². The maximum atomic E-state index is 12.1. The molecule has 1 aliphatic carbocycles. The number of carbonyl (C=O) groups excluding carboxylic acids is 2. The summed E-state index contributed by atoms with van der Waals surface area (Å²) in [6.07, 6.45) is 4.25. The largest absolute Gasteiger partial charge is 0.450 e. The van der Waals surface area contributed by atoms with Crippen molar-refractivity contribution in [1.82, 2.24) is 0 Å².